The normalized spacial score (nSPS) is 17.2. The zero-order valence-corrected chi connectivity index (χ0v) is 22.2. The maximum atomic E-state index is 13.3. The van der Waals surface area contributed by atoms with Gasteiger partial charge in [-0.15, -0.1) is 0 Å². The molecule has 0 aliphatic carbocycles. The van der Waals surface area contributed by atoms with Crippen molar-refractivity contribution in [1.29, 1.82) is 0 Å². The molecule has 2 aromatic carbocycles. The molecule has 0 unspecified atom stereocenters. The van der Waals surface area contributed by atoms with Gasteiger partial charge < -0.3 is 23.7 Å². The smallest absolute Gasteiger partial charge is 0.413 e. The van der Waals surface area contributed by atoms with Crippen molar-refractivity contribution in [2.45, 2.75) is 52.0 Å². The number of para-hydroxylation sites is 1. The van der Waals surface area contributed by atoms with Gasteiger partial charge in [-0.3, -0.25) is 4.90 Å². The lowest BCUT2D eigenvalue weighted by molar-refractivity contribution is -0.0625. The number of ether oxygens (including phenoxy) is 5. The van der Waals surface area contributed by atoms with Crippen LogP contribution in [0.15, 0.2) is 42.5 Å². The number of methoxy groups -OCH3 is 3. The number of fused-ring (bicyclic) bond motifs is 1. The van der Waals surface area contributed by atoms with E-state index in [2.05, 4.69) is 0 Å². The molecule has 4 rings (SSSR count). The zero-order chi connectivity index (χ0) is 26.3. The second-order valence-corrected chi connectivity index (χ2v) is 10.2. The van der Waals surface area contributed by atoms with Gasteiger partial charge in [0.25, 0.3) is 0 Å². The Morgan fingerprint density at radius 2 is 1.67 bits per heavy atom. The molecule has 1 amide bonds. The molecule has 8 nitrogen and oxygen atoms in total. The van der Waals surface area contributed by atoms with Crippen LogP contribution in [0.4, 0.5) is 4.79 Å². The largest absolute Gasteiger partial charge is 0.493 e. The van der Waals surface area contributed by atoms with Crippen LogP contribution >= 0.6 is 0 Å². The van der Waals surface area contributed by atoms with Gasteiger partial charge in [-0.25, -0.2) is 9.78 Å². The lowest BCUT2D eigenvalue weighted by Crippen LogP contribution is -2.47. The summed E-state index contributed by atoms with van der Waals surface area (Å²) in [5, 5.41) is 0.938. The van der Waals surface area contributed by atoms with Crippen molar-refractivity contribution >= 4 is 17.0 Å². The number of benzene rings is 2. The van der Waals surface area contributed by atoms with Gasteiger partial charge in [0.05, 0.1) is 45.2 Å². The van der Waals surface area contributed by atoms with E-state index in [4.69, 9.17) is 28.7 Å². The van der Waals surface area contributed by atoms with Crippen molar-refractivity contribution in [2.75, 3.05) is 27.9 Å². The molecule has 0 bridgehead atoms. The highest BCUT2D eigenvalue weighted by molar-refractivity contribution is 5.87. The first-order chi connectivity index (χ1) is 17.0. The molecular formula is C28H34N2O6. The average molecular weight is 495 g/mol. The van der Waals surface area contributed by atoms with Crippen LogP contribution in [0.5, 0.6) is 17.2 Å². The van der Waals surface area contributed by atoms with E-state index in [9.17, 15) is 4.79 Å². The van der Waals surface area contributed by atoms with E-state index in [-0.39, 0.29) is 6.04 Å². The number of aromatic nitrogens is 1. The third kappa shape index (κ3) is 4.78. The summed E-state index contributed by atoms with van der Waals surface area (Å²) in [6.45, 7) is 9.65. The van der Waals surface area contributed by atoms with Gasteiger partial charge in [0.2, 0.25) is 5.75 Å². The first kappa shape index (κ1) is 25.6. The summed E-state index contributed by atoms with van der Waals surface area (Å²) in [7, 11) is 4.73. The SMILES string of the molecule is COc1cc(-c2cc([C@@H]3COC(C)(C)N3C(=O)OC(C)(C)C)c3ccccc3n2)cc(OC)c1OC. The third-order valence-corrected chi connectivity index (χ3v) is 6.14. The standard InChI is InChI=1S/C28H34N2O6/c1-27(2,3)36-26(31)30-22(16-35-28(30,4)5)19-15-21(29-20-12-10-9-11-18(19)20)17-13-23(32-6)25(34-8)24(14-17)33-7/h9-15,22H,16H2,1-8H3/t22-/m0/s1. The quantitative estimate of drug-likeness (QED) is 0.432. The predicted molar refractivity (Wildman–Crippen MR) is 138 cm³/mol. The van der Waals surface area contributed by atoms with Gasteiger partial charge in [-0.2, -0.15) is 0 Å². The van der Waals surface area contributed by atoms with Crippen LogP contribution in [0.1, 0.15) is 46.2 Å². The lowest BCUT2D eigenvalue weighted by Gasteiger charge is -2.35. The minimum absolute atomic E-state index is 0.328. The maximum Gasteiger partial charge on any atom is 0.413 e. The Morgan fingerprint density at radius 3 is 2.25 bits per heavy atom. The number of rotatable bonds is 5. The Hall–Kier alpha value is -3.52. The molecule has 1 aliphatic heterocycles. The number of pyridine rings is 1. The number of nitrogens with zero attached hydrogens (tertiary/aromatic N) is 2. The van der Waals surface area contributed by atoms with Crippen molar-refractivity contribution in [3.8, 4) is 28.5 Å². The molecule has 2 heterocycles. The molecule has 1 saturated heterocycles. The van der Waals surface area contributed by atoms with Gasteiger partial charge >= 0.3 is 6.09 Å². The van der Waals surface area contributed by atoms with Gasteiger partial charge in [0, 0.05) is 10.9 Å². The van der Waals surface area contributed by atoms with Crippen LogP contribution in [-0.4, -0.2) is 55.2 Å². The molecular weight excluding hydrogens is 460 g/mol. The summed E-state index contributed by atoms with van der Waals surface area (Å²) in [5.74, 6) is 1.57. The summed E-state index contributed by atoms with van der Waals surface area (Å²) < 4.78 is 28.5. The molecule has 1 atom stereocenters. The molecule has 0 saturated carbocycles. The fourth-order valence-corrected chi connectivity index (χ4v) is 4.54. The summed E-state index contributed by atoms with van der Waals surface area (Å²) in [5.41, 5.74) is 1.73. The Kier molecular flexibility index (Phi) is 6.75. The van der Waals surface area contributed by atoms with E-state index in [0.29, 0.717) is 29.5 Å². The van der Waals surface area contributed by atoms with E-state index in [1.165, 1.54) is 0 Å². The highest BCUT2D eigenvalue weighted by Crippen LogP contribution is 2.44. The van der Waals surface area contributed by atoms with Crippen LogP contribution in [0, 0.1) is 0 Å². The third-order valence-electron chi connectivity index (χ3n) is 6.14. The molecule has 8 heteroatoms. The first-order valence-electron chi connectivity index (χ1n) is 11.9. The van der Waals surface area contributed by atoms with Gasteiger partial charge in [0.1, 0.15) is 11.3 Å². The minimum Gasteiger partial charge on any atom is -0.493 e. The van der Waals surface area contributed by atoms with Crippen LogP contribution < -0.4 is 14.2 Å². The van der Waals surface area contributed by atoms with E-state index in [1.54, 1.807) is 26.2 Å². The second-order valence-electron chi connectivity index (χ2n) is 10.2. The molecule has 0 spiro atoms. The molecule has 192 valence electrons. The highest BCUT2D eigenvalue weighted by atomic mass is 16.6. The summed E-state index contributed by atoms with van der Waals surface area (Å²) in [6.07, 6.45) is -0.426. The van der Waals surface area contributed by atoms with E-state index in [0.717, 1.165) is 22.0 Å². The molecule has 36 heavy (non-hydrogen) atoms. The fraction of sp³-hybridized carbons (Fsp3) is 0.429. The minimum atomic E-state index is -0.843. The topological polar surface area (TPSA) is 79.4 Å². The maximum absolute atomic E-state index is 13.3. The molecule has 0 N–H and O–H groups in total. The van der Waals surface area contributed by atoms with Crippen molar-refractivity contribution in [3.05, 3.63) is 48.0 Å². The Morgan fingerprint density at radius 1 is 1.03 bits per heavy atom. The van der Waals surface area contributed by atoms with Crippen LogP contribution in [0.3, 0.4) is 0 Å². The van der Waals surface area contributed by atoms with E-state index >= 15 is 0 Å². The van der Waals surface area contributed by atoms with Gasteiger partial charge in [0.15, 0.2) is 11.5 Å². The predicted octanol–water partition coefficient (Wildman–Crippen LogP) is 5.97. The summed E-state index contributed by atoms with van der Waals surface area (Å²) in [6, 6.07) is 13.2. The number of amides is 1. The average Bonchev–Trinajstić information content (AvgIpc) is 3.15. The molecule has 1 fully saturated rings. The lowest BCUT2D eigenvalue weighted by atomic mass is 9.97. The van der Waals surface area contributed by atoms with Crippen molar-refractivity contribution in [3.63, 3.8) is 0 Å². The number of carbonyl (C=O) groups excluding carboxylic acids is 1. The number of carbonyl (C=O) groups is 1. The summed E-state index contributed by atoms with van der Waals surface area (Å²) in [4.78, 5) is 20.0. The van der Waals surface area contributed by atoms with Crippen LogP contribution in [0.2, 0.25) is 0 Å². The van der Waals surface area contributed by atoms with Crippen LogP contribution in [0.25, 0.3) is 22.2 Å². The Balaban J connectivity index is 1.90. The Labute approximate surface area is 212 Å². The molecule has 1 aliphatic rings. The van der Waals surface area contributed by atoms with Crippen molar-refractivity contribution < 1.29 is 28.5 Å². The first-order valence-corrected chi connectivity index (χ1v) is 11.9. The second kappa shape index (κ2) is 9.50. The van der Waals surface area contributed by atoms with Crippen LogP contribution in [-0.2, 0) is 9.47 Å². The van der Waals surface area contributed by atoms with Crippen molar-refractivity contribution in [1.82, 2.24) is 9.88 Å². The molecule has 1 aromatic heterocycles. The number of hydrogen-bond donors (Lipinski definition) is 0. The van der Waals surface area contributed by atoms with Gasteiger partial charge in [-0.05, 0) is 64.4 Å². The molecule has 0 radical (unpaired) electrons. The fourth-order valence-electron chi connectivity index (χ4n) is 4.54. The Bertz CT molecular complexity index is 1260. The van der Waals surface area contributed by atoms with E-state index in [1.807, 2.05) is 77.1 Å². The zero-order valence-electron chi connectivity index (χ0n) is 22.2. The molecule has 3 aromatic rings. The highest BCUT2D eigenvalue weighted by Gasteiger charge is 2.47. The van der Waals surface area contributed by atoms with Crippen molar-refractivity contribution in [2.24, 2.45) is 0 Å². The van der Waals surface area contributed by atoms with E-state index < -0.39 is 17.4 Å². The monoisotopic (exact) mass is 494 g/mol. The number of hydrogen-bond acceptors (Lipinski definition) is 7. The van der Waals surface area contributed by atoms with Gasteiger partial charge in [-0.1, -0.05) is 18.2 Å². The summed E-state index contributed by atoms with van der Waals surface area (Å²) >= 11 is 0.